The van der Waals surface area contributed by atoms with Gasteiger partial charge in [0.15, 0.2) is 5.13 Å². The zero-order valence-corrected chi connectivity index (χ0v) is 15.2. The molecule has 0 spiro atoms. The zero-order valence-electron chi connectivity index (χ0n) is 14.3. The Bertz CT molecular complexity index is 753. The first-order chi connectivity index (χ1) is 12.1. The molecule has 2 amide bonds. The molecule has 0 radical (unpaired) electrons. The van der Waals surface area contributed by atoms with Crippen LogP contribution in [0, 0.1) is 0 Å². The van der Waals surface area contributed by atoms with Gasteiger partial charge in [0.1, 0.15) is 5.75 Å². The minimum Gasteiger partial charge on any atom is -0.497 e. The molecule has 7 heteroatoms. The summed E-state index contributed by atoms with van der Waals surface area (Å²) in [7, 11) is 1.61. The van der Waals surface area contributed by atoms with E-state index in [9.17, 15) is 9.59 Å². The Morgan fingerprint density at radius 1 is 1.20 bits per heavy atom. The number of thiazole rings is 1. The van der Waals surface area contributed by atoms with Crippen LogP contribution in [-0.4, -0.2) is 29.9 Å². The van der Waals surface area contributed by atoms with E-state index in [1.54, 1.807) is 7.11 Å². The van der Waals surface area contributed by atoms with Gasteiger partial charge in [-0.2, -0.15) is 0 Å². The van der Waals surface area contributed by atoms with E-state index in [0.29, 0.717) is 5.13 Å². The highest BCUT2D eigenvalue weighted by atomic mass is 32.1. The molecule has 1 aliphatic rings. The van der Waals surface area contributed by atoms with E-state index in [4.69, 9.17) is 4.74 Å². The normalized spacial score (nSPS) is 15.1. The first kappa shape index (κ1) is 17.7. The van der Waals surface area contributed by atoms with Gasteiger partial charge in [-0.3, -0.25) is 9.59 Å². The molecule has 0 atom stereocenters. The number of hydrogen-bond donors (Lipinski definition) is 2. The number of aromatic nitrogens is 1. The lowest BCUT2D eigenvalue weighted by Gasteiger charge is -2.22. The number of anilines is 1. The molecule has 2 N–H and O–H groups in total. The average molecular weight is 361 g/mol. The average Bonchev–Trinajstić information content (AvgIpc) is 3.02. The molecule has 1 heterocycles. The fourth-order valence-electron chi connectivity index (χ4n) is 3.04. The van der Waals surface area contributed by atoms with Crippen molar-refractivity contribution in [3.63, 3.8) is 0 Å². The second kappa shape index (κ2) is 8.29. The van der Waals surface area contributed by atoms with Crippen LogP contribution in [0.15, 0.2) is 18.2 Å². The Balaban J connectivity index is 1.47. The van der Waals surface area contributed by atoms with Crippen LogP contribution in [-0.2, 0) is 9.59 Å². The quantitative estimate of drug-likeness (QED) is 0.825. The standard InChI is InChI=1S/C18H23N3O3S/c1-24-13-7-8-14-15(11-13)25-18(20-14)21-17(23)10-9-16(22)19-12-5-3-2-4-6-12/h7-8,11-12H,2-6,9-10H2,1H3,(H,19,22)(H,20,21,23). The van der Waals surface area contributed by atoms with E-state index in [1.807, 2.05) is 18.2 Å². The molecule has 2 aromatic rings. The molecule has 25 heavy (non-hydrogen) atoms. The molecule has 0 saturated heterocycles. The lowest BCUT2D eigenvalue weighted by atomic mass is 9.95. The van der Waals surface area contributed by atoms with Gasteiger partial charge < -0.3 is 15.4 Å². The van der Waals surface area contributed by atoms with Crippen molar-refractivity contribution in [2.45, 2.75) is 51.0 Å². The lowest BCUT2D eigenvalue weighted by Crippen LogP contribution is -2.36. The number of hydrogen-bond acceptors (Lipinski definition) is 5. The van der Waals surface area contributed by atoms with E-state index in [0.717, 1.165) is 28.8 Å². The van der Waals surface area contributed by atoms with Crippen molar-refractivity contribution in [1.82, 2.24) is 10.3 Å². The monoisotopic (exact) mass is 361 g/mol. The first-order valence-electron chi connectivity index (χ1n) is 8.68. The van der Waals surface area contributed by atoms with Crippen LogP contribution in [0.1, 0.15) is 44.9 Å². The smallest absolute Gasteiger partial charge is 0.226 e. The number of rotatable bonds is 6. The topological polar surface area (TPSA) is 80.3 Å². The van der Waals surface area contributed by atoms with E-state index >= 15 is 0 Å². The molecule has 0 bridgehead atoms. The first-order valence-corrected chi connectivity index (χ1v) is 9.49. The predicted molar refractivity (Wildman–Crippen MR) is 99.1 cm³/mol. The minimum atomic E-state index is -0.190. The van der Waals surface area contributed by atoms with Gasteiger partial charge in [-0.25, -0.2) is 4.98 Å². The number of amides is 2. The summed E-state index contributed by atoms with van der Waals surface area (Å²) in [5, 5.41) is 6.34. The van der Waals surface area contributed by atoms with Gasteiger partial charge in [-0.15, -0.1) is 0 Å². The summed E-state index contributed by atoms with van der Waals surface area (Å²) in [6.45, 7) is 0. The highest BCUT2D eigenvalue weighted by molar-refractivity contribution is 7.22. The third-order valence-corrected chi connectivity index (χ3v) is 5.32. The summed E-state index contributed by atoms with van der Waals surface area (Å²) in [6, 6.07) is 5.87. The molecule has 3 rings (SSSR count). The fraction of sp³-hybridized carbons (Fsp3) is 0.500. The van der Waals surface area contributed by atoms with Gasteiger partial charge >= 0.3 is 0 Å². The molecule has 1 fully saturated rings. The van der Waals surface area contributed by atoms with E-state index < -0.39 is 0 Å². The predicted octanol–water partition coefficient (Wildman–Crippen LogP) is 3.47. The van der Waals surface area contributed by atoms with Crippen molar-refractivity contribution < 1.29 is 14.3 Å². The van der Waals surface area contributed by atoms with E-state index in [1.165, 1.54) is 30.6 Å². The van der Waals surface area contributed by atoms with Crippen LogP contribution < -0.4 is 15.4 Å². The number of benzene rings is 1. The number of methoxy groups -OCH3 is 1. The van der Waals surface area contributed by atoms with Crippen LogP contribution in [0.4, 0.5) is 5.13 Å². The molecular weight excluding hydrogens is 338 g/mol. The largest absolute Gasteiger partial charge is 0.497 e. The fourth-order valence-corrected chi connectivity index (χ4v) is 3.95. The molecular formula is C18H23N3O3S. The maximum atomic E-state index is 12.1. The second-order valence-electron chi connectivity index (χ2n) is 6.30. The SMILES string of the molecule is COc1ccc2nc(NC(=O)CCC(=O)NC3CCCCC3)sc2c1. The van der Waals surface area contributed by atoms with E-state index in [2.05, 4.69) is 15.6 Å². The van der Waals surface area contributed by atoms with Gasteiger partial charge in [0.2, 0.25) is 11.8 Å². The summed E-state index contributed by atoms with van der Waals surface area (Å²) < 4.78 is 6.14. The van der Waals surface area contributed by atoms with E-state index in [-0.39, 0.29) is 30.7 Å². The second-order valence-corrected chi connectivity index (χ2v) is 7.33. The third-order valence-electron chi connectivity index (χ3n) is 4.39. The minimum absolute atomic E-state index is 0.0453. The molecule has 1 saturated carbocycles. The van der Waals surface area contributed by atoms with Gasteiger partial charge in [0.25, 0.3) is 0 Å². The van der Waals surface area contributed by atoms with Crippen LogP contribution in [0.25, 0.3) is 10.2 Å². The van der Waals surface area contributed by atoms with Crippen LogP contribution in [0.2, 0.25) is 0 Å². The van der Waals surface area contributed by atoms with Crippen molar-refractivity contribution in [1.29, 1.82) is 0 Å². The lowest BCUT2D eigenvalue weighted by molar-refractivity contribution is -0.125. The maximum Gasteiger partial charge on any atom is 0.226 e. The molecule has 0 aliphatic heterocycles. The zero-order chi connectivity index (χ0) is 17.6. The summed E-state index contributed by atoms with van der Waals surface area (Å²) in [5.74, 6) is 0.523. The molecule has 0 unspecified atom stereocenters. The van der Waals surface area contributed by atoms with Crippen molar-refractivity contribution in [2.75, 3.05) is 12.4 Å². The Morgan fingerprint density at radius 2 is 1.96 bits per heavy atom. The number of nitrogens with one attached hydrogen (secondary N) is 2. The number of fused-ring (bicyclic) bond motifs is 1. The molecule has 1 aromatic carbocycles. The highest BCUT2D eigenvalue weighted by Crippen LogP contribution is 2.29. The summed E-state index contributed by atoms with van der Waals surface area (Å²) in [6.07, 6.45) is 6.07. The molecule has 134 valence electrons. The van der Waals surface area contributed by atoms with Gasteiger partial charge in [0.05, 0.1) is 17.3 Å². The van der Waals surface area contributed by atoms with Crippen molar-refractivity contribution in [2.24, 2.45) is 0 Å². The van der Waals surface area contributed by atoms with Crippen molar-refractivity contribution in [3.8, 4) is 5.75 Å². The van der Waals surface area contributed by atoms with Gasteiger partial charge in [-0.05, 0) is 31.0 Å². The Hall–Kier alpha value is -2.15. The summed E-state index contributed by atoms with van der Waals surface area (Å²) >= 11 is 1.39. The Morgan fingerprint density at radius 3 is 2.72 bits per heavy atom. The van der Waals surface area contributed by atoms with Crippen molar-refractivity contribution in [3.05, 3.63) is 18.2 Å². The van der Waals surface area contributed by atoms with Gasteiger partial charge in [-0.1, -0.05) is 30.6 Å². The number of carbonyl (C=O) groups excluding carboxylic acids is 2. The Labute approximate surface area is 151 Å². The molecule has 1 aromatic heterocycles. The maximum absolute atomic E-state index is 12.1. The van der Waals surface area contributed by atoms with Crippen LogP contribution >= 0.6 is 11.3 Å². The Kier molecular flexibility index (Phi) is 5.86. The molecule has 1 aliphatic carbocycles. The van der Waals surface area contributed by atoms with Crippen molar-refractivity contribution >= 4 is 38.5 Å². The highest BCUT2D eigenvalue weighted by Gasteiger charge is 2.16. The van der Waals surface area contributed by atoms with Gasteiger partial charge in [0, 0.05) is 18.9 Å². The van der Waals surface area contributed by atoms with Crippen LogP contribution in [0.3, 0.4) is 0 Å². The number of nitrogens with zero attached hydrogens (tertiary/aromatic N) is 1. The number of carbonyl (C=O) groups is 2. The molecule has 6 nitrogen and oxygen atoms in total. The number of ether oxygens (including phenoxy) is 1. The van der Waals surface area contributed by atoms with Crippen LogP contribution in [0.5, 0.6) is 5.75 Å². The summed E-state index contributed by atoms with van der Waals surface area (Å²) in [5.41, 5.74) is 0.816. The third kappa shape index (κ3) is 4.92. The summed E-state index contributed by atoms with van der Waals surface area (Å²) in [4.78, 5) is 28.4.